The van der Waals surface area contributed by atoms with Gasteiger partial charge in [0.15, 0.2) is 0 Å². The number of likely N-dealkylation sites (tertiary alicyclic amines) is 1. The summed E-state index contributed by atoms with van der Waals surface area (Å²) < 4.78 is 5.44. The first kappa shape index (κ1) is 33.2. The van der Waals surface area contributed by atoms with Gasteiger partial charge in [-0.05, 0) is 61.1 Å². The molecule has 1 N–H and O–H groups in total. The average Bonchev–Trinajstić information content (AvgIpc) is 3.08. The van der Waals surface area contributed by atoms with Gasteiger partial charge in [0.1, 0.15) is 0 Å². The SMILES string of the molecule is CC1(C)C(c2ccc(C(=O)O)cc2)=CC[C@]2(C)CN(C(=O)C3(c4ccccc4)CCN(C(=O)CCCN4CCOCC4)CC3)CC=C12. The molecule has 2 fully saturated rings. The van der Waals surface area contributed by atoms with Gasteiger partial charge in [-0.2, -0.15) is 0 Å². The van der Waals surface area contributed by atoms with Gasteiger partial charge in [0, 0.05) is 56.5 Å². The number of carbonyl (C=O) groups excluding carboxylic acids is 2. The molecule has 47 heavy (non-hydrogen) atoms. The number of carboxylic acids is 1. The first-order chi connectivity index (χ1) is 22.5. The first-order valence-corrected chi connectivity index (χ1v) is 17.2. The van der Waals surface area contributed by atoms with Crippen molar-refractivity contribution in [1.82, 2.24) is 14.7 Å². The van der Waals surface area contributed by atoms with Gasteiger partial charge in [0.2, 0.25) is 11.8 Å². The fourth-order valence-electron chi connectivity index (χ4n) is 8.62. The lowest BCUT2D eigenvalue weighted by molar-refractivity contribution is -0.144. The van der Waals surface area contributed by atoms with Crippen LogP contribution in [-0.2, 0) is 19.7 Å². The number of carbonyl (C=O) groups is 3. The van der Waals surface area contributed by atoms with E-state index in [4.69, 9.17) is 4.74 Å². The number of rotatable bonds is 8. The maximum atomic E-state index is 14.8. The summed E-state index contributed by atoms with van der Waals surface area (Å²) in [6.07, 6.45) is 7.99. The third kappa shape index (κ3) is 6.55. The summed E-state index contributed by atoms with van der Waals surface area (Å²) in [7, 11) is 0. The molecule has 0 aromatic heterocycles. The largest absolute Gasteiger partial charge is 0.478 e. The quantitative estimate of drug-likeness (QED) is 0.376. The smallest absolute Gasteiger partial charge is 0.335 e. The standard InChI is InChI=1S/C39H49N3O5/c1-37(2)32(29-11-13-30(14-12-29)35(44)45)15-17-38(3)28-42(21-16-33(37)38)36(46)39(31-8-5-4-6-9-31)18-22-41(23-19-39)34(43)10-7-20-40-24-26-47-27-25-40/h4-6,8-9,11-16H,7,10,17-28H2,1-3H3,(H,44,45)/t38-/m1/s1. The Bertz CT molecular complexity index is 1530. The van der Waals surface area contributed by atoms with E-state index >= 15 is 0 Å². The second-order valence-electron chi connectivity index (χ2n) is 14.6. The maximum absolute atomic E-state index is 14.8. The minimum atomic E-state index is -0.925. The van der Waals surface area contributed by atoms with Crippen LogP contribution < -0.4 is 0 Å². The van der Waals surface area contributed by atoms with Crippen LogP contribution in [0.15, 0.2) is 72.3 Å². The van der Waals surface area contributed by atoms with Crippen LogP contribution in [0.5, 0.6) is 0 Å². The van der Waals surface area contributed by atoms with Gasteiger partial charge < -0.3 is 19.6 Å². The summed E-state index contributed by atoms with van der Waals surface area (Å²) in [5, 5.41) is 9.36. The third-order valence-corrected chi connectivity index (χ3v) is 11.2. The monoisotopic (exact) mass is 639 g/mol. The zero-order chi connectivity index (χ0) is 33.2. The fourth-order valence-corrected chi connectivity index (χ4v) is 8.62. The van der Waals surface area contributed by atoms with E-state index < -0.39 is 11.4 Å². The van der Waals surface area contributed by atoms with Gasteiger partial charge in [-0.3, -0.25) is 14.5 Å². The summed E-state index contributed by atoms with van der Waals surface area (Å²) in [4.78, 5) is 45.8. The number of piperidine rings is 1. The molecular weight excluding hydrogens is 590 g/mol. The molecular formula is C39H49N3O5. The normalized spacial score (nSPS) is 24.1. The summed E-state index contributed by atoms with van der Waals surface area (Å²) in [5.41, 5.74) is 3.75. The molecule has 8 nitrogen and oxygen atoms in total. The van der Waals surface area contributed by atoms with E-state index in [0.717, 1.165) is 56.8 Å². The van der Waals surface area contributed by atoms with Crippen molar-refractivity contribution in [1.29, 1.82) is 0 Å². The number of ether oxygens (including phenoxy) is 1. The minimum Gasteiger partial charge on any atom is -0.478 e. The van der Waals surface area contributed by atoms with E-state index in [-0.39, 0.29) is 28.2 Å². The number of allylic oxidation sites excluding steroid dienone is 2. The van der Waals surface area contributed by atoms with Crippen LogP contribution >= 0.6 is 0 Å². The number of nitrogens with zero attached hydrogens (tertiary/aromatic N) is 3. The molecule has 0 saturated carbocycles. The van der Waals surface area contributed by atoms with Crippen molar-refractivity contribution < 1.29 is 24.2 Å². The molecule has 1 aliphatic carbocycles. The summed E-state index contributed by atoms with van der Waals surface area (Å²) in [6, 6.07) is 17.3. The highest BCUT2D eigenvalue weighted by Crippen LogP contribution is 2.55. The molecule has 3 aliphatic heterocycles. The van der Waals surface area contributed by atoms with E-state index in [1.165, 1.54) is 11.1 Å². The van der Waals surface area contributed by atoms with E-state index in [9.17, 15) is 19.5 Å². The van der Waals surface area contributed by atoms with Crippen LogP contribution in [0.1, 0.15) is 74.4 Å². The lowest BCUT2D eigenvalue weighted by Crippen LogP contribution is -2.57. The number of hydrogen-bond donors (Lipinski definition) is 1. The van der Waals surface area contributed by atoms with Crippen molar-refractivity contribution in [2.75, 3.05) is 59.0 Å². The number of fused-ring (bicyclic) bond motifs is 1. The number of amides is 2. The number of morpholine rings is 1. The molecule has 3 heterocycles. The molecule has 250 valence electrons. The molecule has 0 radical (unpaired) electrons. The number of carboxylic acid groups (broad SMARTS) is 1. The molecule has 2 aromatic carbocycles. The van der Waals surface area contributed by atoms with Gasteiger partial charge in [0.25, 0.3) is 0 Å². The van der Waals surface area contributed by atoms with Gasteiger partial charge >= 0.3 is 5.97 Å². The number of aromatic carboxylic acids is 1. The Morgan fingerprint density at radius 2 is 1.53 bits per heavy atom. The molecule has 2 aromatic rings. The molecule has 4 aliphatic rings. The van der Waals surface area contributed by atoms with Crippen molar-refractivity contribution in [2.45, 2.75) is 58.3 Å². The Morgan fingerprint density at radius 3 is 2.19 bits per heavy atom. The van der Waals surface area contributed by atoms with E-state index in [0.29, 0.717) is 45.4 Å². The van der Waals surface area contributed by atoms with Crippen LogP contribution in [0, 0.1) is 10.8 Å². The van der Waals surface area contributed by atoms with Crippen molar-refractivity contribution in [2.24, 2.45) is 10.8 Å². The van der Waals surface area contributed by atoms with Crippen molar-refractivity contribution in [3.63, 3.8) is 0 Å². The average molecular weight is 640 g/mol. The van der Waals surface area contributed by atoms with E-state index in [1.54, 1.807) is 12.1 Å². The molecule has 2 saturated heterocycles. The Balaban J connectivity index is 1.16. The van der Waals surface area contributed by atoms with Crippen molar-refractivity contribution in [3.8, 4) is 0 Å². The lowest BCUT2D eigenvalue weighted by atomic mass is 9.58. The van der Waals surface area contributed by atoms with Crippen molar-refractivity contribution in [3.05, 3.63) is 89.0 Å². The molecule has 1 atom stereocenters. The summed E-state index contributed by atoms with van der Waals surface area (Å²) in [5.74, 6) is -0.572. The topological polar surface area (TPSA) is 90.4 Å². The zero-order valence-corrected chi connectivity index (χ0v) is 28.2. The lowest BCUT2D eigenvalue weighted by Gasteiger charge is -2.52. The minimum absolute atomic E-state index is 0.163. The molecule has 0 bridgehead atoms. The molecule has 6 rings (SSSR count). The predicted molar refractivity (Wildman–Crippen MR) is 183 cm³/mol. The first-order valence-electron chi connectivity index (χ1n) is 17.2. The highest BCUT2D eigenvalue weighted by Gasteiger charge is 2.50. The van der Waals surface area contributed by atoms with Crippen LogP contribution in [0.2, 0.25) is 0 Å². The second kappa shape index (κ2) is 13.4. The Labute approximate surface area is 279 Å². The van der Waals surface area contributed by atoms with Gasteiger partial charge in [-0.25, -0.2) is 4.79 Å². The maximum Gasteiger partial charge on any atom is 0.335 e. The van der Waals surface area contributed by atoms with Gasteiger partial charge in [0.05, 0.1) is 24.2 Å². The third-order valence-electron chi connectivity index (χ3n) is 11.2. The van der Waals surface area contributed by atoms with Gasteiger partial charge in [-0.1, -0.05) is 81.0 Å². The Morgan fingerprint density at radius 1 is 0.851 bits per heavy atom. The highest BCUT2D eigenvalue weighted by molar-refractivity contribution is 5.90. The van der Waals surface area contributed by atoms with Crippen molar-refractivity contribution >= 4 is 23.4 Å². The van der Waals surface area contributed by atoms with Crippen LogP contribution in [0.4, 0.5) is 0 Å². The summed E-state index contributed by atoms with van der Waals surface area (Å²) >= 11 is 0. The van der Waals surface area contributed by atoms with Crippen LogP contribution in [-0.4, -0.2) is 96.6 Å². The Kier molecular flexibility index (Phi) is 9.45. The van der Waals surface area contributed by atoms with Crippen LogP contribution in [0.25, 0.3) is 5.57 Å². The molecule has 8 heteroatoms. The zero-order valence-electron chi connectivity index (χ0n) is 28.2. The Hall–Kier alpha value is -3.75. The predicted octanol–water partition coefficient (Wildman–Crippen LogP) is 5.65. The molecule has 0 unspecified atom stereocenters. The molecule has 0 spiro atoms. The highest BCUT2D eigenvalue weighted by atomic mass is 16.5. The number of benzene rings is 2. The fraction of sp³-hybridized carbons (Fsp3) is 0.513. The second-order valence-corrected chi connectivity index (χ2v) is 14.6. The molecule has 2 amide bonds. The van der Waals surface area contributed by atoms with E-state index in [2.05, 4.69) is 54.9 Å². The number of hydrogen-bond acceptors (Lipinski definition) is 5. The van der Waals surface area contributed by atoms with Crippen LogP contribution in [0.3, 0.4) is 0 Å². The van der Waals surface area contributed by atoms with E-state index in [1.807, 2.05) is 35.2 Å². The summed E-state index contributed by atoms with van der Waals surface area (Å²) in [6.45, 7) is 13.4. The van der Waals surface area contributed by atoms with Gasteiger partial charge in [-0.15, -0.1) is 0 Å².